The standard InChI is InChI=1S/C59H94O6/c1-4-7-10-13-16-19-22-25-27-28-29-30-32-34-37-40-43-46-49-52-58(61)64-55-56(54-63-57(60)51-48-45-42-39-36-33-24-21-18-15-12-9-6-3)65-59(62)53-50-47-44-41-38-35-31-26-23-20-17-14-11-8-5-2/h7-12,14-21,23-25,27,29-30,56H,4-6,13,22,26,28,31-55H2,1-3H3/b10-7-,11-8-,12-9-,17-14-,18-15-,19-16-,23-20-,24-21-,27-25-,30-29-. The summed E-state index contributed by atoms with van der Waals surface area (Å²) in [5, 5.41) is 0. The van der Waals surface area contributed by atoms with Gasteiger partial charge in [-0.1, -0.05) is 219 Å². The summed E-state index contributed by atoms with van der Waals surface area (Å²) < 4.78 is 16.8. The first-order valence-electron chi connectivity index (χ1n) is 26.1. The minimum absolute atomic E-state index is 0.101. The monoisotopic (exact) mass is 899 g/mol. The first-order valence-corrected chi connectivity index (χ1v) is 26.1. The van der Waals surface area contributed by atoms with E-state index in [-0.39, 0.29) is 31.1 Å². The van der Waals surface area contributed by atoms with Crippen molar-refractivity contribution in [3.8, 4) is 0 Å². The topological polar surface area (TPSA) is 78.9 Å². The Labute approximate surface area is 399 Å². The van der Waals surface area contributed by atoms with Gasteiger partial charge >= 0.3 is 17.9 Å². The van der Waals surface area contributed by atoms with Crippen molar-refractivity contribution >= 4 is 17.9 Å². The summed E-state index contributed by atoms with van der Waals surface area (Å²) in [6.07, 6.45) is 71.8. The molecule has 0 aliphatic carbocycles. The molecule has 0 rings (SSSR count). The molecule has 1 unspecified atom stereocenters. The molecular weight excluding hydrogens is 805 g/mol. The Hall–Kier alpha value is -4.19. The first kappa shape index (κ1) is 60.8. The number of rotatable bonds is 45. The van der Waals surface area contributed by atoms with Crippen molar-refractivity contribution < 1.29 is 28.6 Å². The van der Waals surface area contributed by atoms with Crippen LogP contribution in [0, 0.1) is 0 Å². The number of hydrogen-bond donors (Lipinski definition) is 0. The van der Waals surface area contributed by atoms with E-state index in [1.807, 2.05) is 0 Å². The van der Waals surface area contributed by atoms with Crippen LogP contribution < -0.4 is 0 Å². The van der Waals surface area contributed by atoms with Crippen LogP contribution in [-0.2, 0) is 28.6 Å². The second-order valence-electron chi connectivity index (χ2n) is 16.8. The zero-order chi connectivity index (χ0) is 47.2. The molecule has 0 radical (unpaired) electrons. The minimum atomic E-state index is -0.802. The molecule has 0 bridgehead atoms. The molecule has 6 heteroatoms. The second kappa shape index (κ2) is 52.4. The van der Waals surface area contributed by atoms with Gasteiger partial charge in [-0.3, -0.25) is 14.4 Å². The van der Waals surface area contributed by atoms with Crippen LogP contribution in [0.2, 0.25) is 0 Å². The van der Waals surface area contributed by atoms with Crippen LogP contribution in [-0.4, -0.2) is 37.2 Å². The molecule has 0 aromatic carbocycles. The zero-order valence-corrected chi connectivity index (χ0v) is 41.7. The van der Waals surface area contributed by atoms with E-state index in [4.69, 9.17) is 14.2 Å². The Morgan fingerprint density at radius 2 is 0.631 bits per heavy atom. The molecule has 0 fully saturated rings. The van der Waals surface area contributed by atoms with Gasteiger partial charge in [-0.25, -0.2) is 0 Å². The SMILES string of the molecule is CC\C=C/C=C\C=C/CCCCCCCCCC(=O)OC(COC(=O)CCCCCCC\C=C/C=C\C=C/CC)COC(=O)CCCCCCCC/C=C\C/C=C\C/C=C\C/C=C\CC. The quantitative estimate of drug-likeness (QED) is 0.0199. The third kappa shape index (κ3) is 50.7. The largest absolute Gasteiger partial charge is 0.462 e. The Bertz CT molecular complexity index is 1400. The van der Waals surface area contributed by atoms with E-state index in [0.717, 1.165) is 141 Å². The average molecular weight is 899 g/mol. The summed E-state index contributed by atoms with van der Waals surface area (Å²) in [5.41, 5.74) is 0. The van der Waals surface area contributed by atoms with Gasteiger partial charge < -0.3 is 14.2 Å². The number of allylic oxidation sites excluding steroid dienone is 20. The van der Waals surface area contributed by atoms with E-state index >= 15 is 0 Å². The fourth-order valence-corrected chi connectivity index (χ4v) is 6.73. The van der Waals surface area contributed by atoms with Gasteiger partial charge in [-0.05, 0) is 96.3 Å². The lowest BCUT2D eigenvalue weighted by Crippen LogP contribution is -2.30. The predicted molar refractivity (Wildman–Crippen MR) is 279 cm³/mol. The minimum Gasteiger partial charge on any atom is -0.462 e. The van der Waals surface area contributed by atoms with Crippen LogP contribution in [0.4, 0.5) is 0 Å². The van der Waals surface area contributed by atoms with Gasteiger partial charge in [0.25, 0.3) is 0 Å². The van der Waals surface area contributed by atoms with Crippen molar-refractivity contribution in [1.82, 2.24) is 0 Å². The van der Waals surface area contributed by atoms with E-state index in [2.05, 4.69) is 142 Å². The number of carbonyl (C=O) groups is 3. The number of hydrogen-bond acceptors (Lipinski definition) is 6. The van der Waals surface area contributed by atoms with Gasteiger partial charge in [0.1, 0.15) is 13.2 Å². The molecule has 65 heavy (non-hydrogen) atoms. The highest BCUT2D eigenvalue weighted by molar-refractivity contribution is 5.71. The summed E-state index contributed by atoms with van der Waals surface area (Å²) in [5.74, 6) is -0.954. The van der Waals surface area contributed by atoms with Gasteiger partial charge in [-0.15, -0.1) is 0 Å². The molecule has 0 saturated carbocycles. The maximum Gasteiger partial charge on any atom is 0.306 e. The molecule has 0 aromatic heterocycles. The molecule has 0 heterocycles. The van der Waals surface area contributed by atoms with Gasteiger partial charge in [0, 0.05) is 19.3 Å². The van der Waals surface area contributed by atoms with Crippen LogP contribution in [0.25, 0.3) is 0 Å². The zero-order valence-electron chi connectivity index (χ0n) is 41.7. The normalized spacial score (nSPS) is 13.1. The van der Waals surface area contributed by atoms with Crippen LogP contribution in [0.5, 0.6) is 0 Å². The van der Waals surface area contributed by atoms with Crippen molar-refractivity contribution in [2.75, 3.05) is 13.2 Å². The van der Waals surface area contributed by atoms with Gasteiger partial charge in [0.2, 0.25) is 0 Å². The van der Waals surface area contributed by atoms with Crippen molar-refractivity contribution in [3.63, 3.8) is 0 Å². The van der Waals surface area contributed by atoms with Gasteiger partial charge in [-0.2, -0.15) is 0 Å². The van der Waals surface area contributed by atoms with Crippen molar-refractivity contribution in [2.45, 2.75) is 219 Å². The Morgan fingerprint density at radius 1 is 0.323 bits per heavy atom. The summed E-state index contributed by atoms with van der Waals surface area (Å²) in [7, 11) is 0. The first-order chi connectivity index (χ1) is 32.0. The Morgan fingerprint density at radius 3 is 1.03 bits per heavy atom. The molecule has 0 aliphatic rings. The molecule has 0 spiro atoms. The lowest BCUT2D eigenvalue weighted by Gasteiger charge is -2.18. The highest BCUT2D eigenvalue weighted by Gasteiger charge is 2.19. The maximum absolute atomic E-state index is 12.8. The molecule has 6 nitrogen and oxygen atoms in total. The third-order valence-corrected chi connectivity index (χ3v) is 10.6. The third-order valence-electron chi connectivity index (χ3n) is 10.6. The van der Waals surface area contributed by atoms with Crippen molar-refractivity contribution in [2.24, 2.45) is 0 Å². The van der Waals surface area contributed by atoms with E-state index in [1.165, 1.54) is 32.1 Å². The van der Waals surface area contributed by atoms with Gasteiger partial charge in [0.05, 0.1) is 0 Å². The highest BCUT2D eigenvalue weighted by atomic mass is 16.6. The average Bonchev–Trinajstić information content (AvgIpc) is 3.30. The molecule has 0 aliphatic heterocycles. The van der Waals surface area contributed by atoms with E-state index in [9.17, 15) is 14.4 Å². The lowest BCUT2D eigenvalue weighted by molar-refractivity contribution is -0.167. The number of ether oxygens (including phenoxy) is 3. The van der Waals surface area contributed by atoms with Crippen LogP contribution in [0.15, 0.2) is 122 Å². The molecular formula is C59H94O6. The fourth-order valence-electron chi connectivity index (χ4n) is 6.73. The maximum atomic E-state index is 12.8. The van der Waals surface area contributed by atoms with E-state index in [1.54, 1.807) is 0 Å². The second-order valence-corrected chi connectivity index (χ2v) is 16.8. The summed E-state index contributed by atoms with van der Waals surface area (Å²) in [4.78, 5) is 38.0. The van der Waals surface area contributed by atoms with Crippen LogP contribution >= 0.6 is 0 Å². The molecule has 0 amide bonds. The summed E-state index contributed by atoms with van der Waals surface area (Å²) in [6.45, 7) is 6.21. The van der Waals surface area contributed by atoms with E-state index < -0.39 is 6.10 Å². The number of esters is 3. The highest BCUT2D eigenvalue weighted by Crippen LogP contribution is 2.14. The molecule has 366 valence electrons. The number of carbonyl (C=O) groups excluding carboxylic acids is 3. The van der Waals surface area contributed by atoms with Gasteiger partial charge in [0.15, 0.2) is 6.10 Å². The predicted octanol–water partition coefficient (Wildman–Crippen LogP) is 17.3. The summed E-state index contributed by atoms with van der Waals surface area (Å²) in [6, 6.07) is 0. The van der Waals surface area contributed by atoms with Crippen molar-refractivity contribution in [1.29, 1.82) is 0 Å². The molecule has 0 saturated heterocycles. The van der Waals surface area contributed by atoms with E-state index in [0.29, 0.717) is 19.3 Å². The lowest BCUT2D eigenvalue weighted by atomic mass is 10.1. The smallest absolute Gasteiger partial charge is 0.306 e. The Kier molecular flexibility index (Phi) is 49.1. The summed E-state index contributed by atoms with van der Waals surface area (Å²) >= 11 is 0. The number of unbranched alkanes of at least 4 members (excludes halogenated alkanes) is 18. The molecule has 0 aromatic rings. The molecule has 1 atom stereocenters. The van der Waals surface area contributed by atoms with Crippen LogP contribution in [0.3, 0.4) is 0 Å². The fraction of sp³-hybridized carbons (Fsp3) is 0.610. The van der Waals surface area contributed by atoms with Crippen LogP contribution in [0.1, 0.15) is 213 Å². The molecule has 0 N–H and O–H groups in total. The van der Waals surface area contributed by atoms with Crippen molar-refractivity contribution in [3.05, 3.63) is 122 Å². The Balaban J connectivity index is 4.46.